The van der Waals surface area contributed by atoms with Crippen molar-refractivity contribution in [2.45, 2.75) is 26.3 Å². The highest BCUT2D eigenvalue weighted by molar-refractivity contribution is 14.0. The van der Waals surface area contributed by atoms with E-state index < -0.39 is 0 Å². The largest absolute Gasteiger partial charge is 0.481 e. The van der Waals surface area contributed by atoms with Gasteiger partial charge < -0.3 is 15.4 Å². The summed E-state index contributed by atoms with van der Waals surface area (Å²) in [4.78, 5) is 8.81. The Labute approximate surface area is 165 Å². The molecule has 0 aliphatic heterocycles. The molecule has 2 rings (SSSR count). The van der Waals surface area contributed by atoms with Crippen molar-refractivity contribution in [3.05, 3.63) is 46.3 Å². The molecule has 5 nitrogen and oxygen atoms in total. The van der Waals surface area contributed by atoms with Gasteiger partial charge in [0.1, 0.15) is 0 Å². The number of hydrogen-bond acceptors (Lipinski definition) is 4. The molecule has 2 heterocycles. The summed E-state index contributed by atoms with van der Waals surface area (Å²) < 4.78 is 5.06. The van der Waals surface area contributed by atoms with Gasteiger partial charge >= 0.3 is 0 Å². The predicted octanol–water partition coefficient (Wildman–Crippen LogP) is 3.63. The van der Waals surface area contributed by atoms with Crippen LogP contribution in [0.4, 0.5) is 0 Å². The third-order valence-corrected chi connectivity index (χ3v) is 4.16. The van der Waals surface area contributed by atoms with Crippen molar-refractivity contribution in [1.82, 2.24) is 15.6 Å². The topological polar surface area (TPSA) is 58.5 Å². The summed E-state index contributed by atoms with van der Waals surface area (Å²) in [5.41, 5.74) is 2.41. The van der Waals surface area contributed by atoms with Crippen molar-refractivity contribution in [2.24, 2.45) is 4.99 Å². The number of aliphatic imine (C=N–C) groups is 1. The molecule has 0 radical (unpaired) electrons. The minimum absolute atomic E-state index is 0. The second kappa shape index (κ2) is 11.2. The normalized spacial score (nSPS) is 12.2. The summed E-state index contributed by atoms with van der Waals surface area (Å²) in [6, 6.07) is 6.00. The van der Waals surface area contributed by atoms with Gasteiger partial charge in [0.05, 0.1) is 13.7 Å². The summed E-state index contributed by atoms with van der Waals surface area (Å²) in [7, 11) is 1.61. The first-order chi connectivity index (χ1) is 11.2. The third-order valence-electron chi connectivity index (χ3n) is 3.46. The number of ether oxygens (including phenoxy) is 1. The standard InChI is InChI=1S/C17H24N4OS.HI/c1-4-18-17(20-9-13(2)15-7-8-23-12-15)21-11-14-5-6-16(22-3)19-10-14;/h5-8,10,12-13H,4,9,11H2,1-3H3,(H2,18,20,21);1H. The van der Waals surface area contributed by atoms with Crippen molar-refractivity contribution < 1.29 is 4.74 Å². The van der Waals surface area contributed by atoms with Gasteiger partial charge in [-0.25, -0.2) is 9.98 Å². The molecule has 2 aromatic heterocycles. The van der Waals surface area contributed by atoms with E-state index in [1.54, 1.807) is 24.6 Å². The predicted molar refractivity (Wildman–Crippen MR) is 112 cm³/mol. The number of nitrogens with zero attached hydrogens (tertiary/aromatic N) is 2. The number of aromatic nitrogens is 1. The lowest BCUT2D eigenvalue weighted by Crippen LogP contribution is -2.39. The molecule has 0 saturated carbocycles. The molecule has 2 aromatic rings. The van der Waals surface area contributed by atoms with E-state index in [2.05, 4.69) is 51.3 Å². The van der Waals surface area contributed by atoms with Gasteiger partial charge in [0, 0.05) is 25.4 Å². The van der Waals surface area contributed by atoms with Crippen molar-refractivity contribution >= 4 is 41.3 Å². The van der Waals surface area contributed by atoms with Gasteiger partial charge in [-0.3, -0.25) is 0 Å². The van der Waals surface area contributed by atoms with E-state index in [9.17, 15) is 0 Å². The first-order valence-electron chi connectivity index (χ1n) is 7.76. The third kappa shape index (κ3) is 6.64. The maximum absolute atomic E-state index is 5.06. The van der Waals surface area contributed by atoms with Gasteiger partial charge in [0.25, 0.3) is 0 Å². The Morgan fingerprint density at radius 2 is 2.17 bits per heavy atom. The number of thiophene rings is 1. The molecule has 1 unspecified atom stereocenters. The van der Waals surface area contributed by atoms with Crippen LogP contribution in [0, 0.1) is 0 Å². The monoisotopic (exact) mass is 460 g/mol. The zero-order chi connectivity index (χ0) is 16.5. The quantitative estimate of drug-likeness (QED) is 0.377. The number of hydrogen-bond donors (Lipinski definition) is 2. The first kappa shape index (κ1) is 20.7. The summed E-state index contributed by atoms with van der Waals surface area (Å²) in [6.07, 6.45) is 1.79. The molecule has 132 valence electrons. The van der Waals surface area contributed by atoms with E-state index in [0.717, 1.165) is 24.6 Å². The summed E-state index contributed by atoms with van der Waals surface area (Å²) >= 11 is 1.73. The minimum Gasteiger partial charge on any atom is -0.481 e. The summed E-state index contributed by atoms with van der Waals surface area (Å²) in [5, 5.41) is 11.0. The van der Waals surface area contributed by atoms with Crippen LogP contribution in [0.1, 0.15) is 30.9 Å². The van der Waals surface area contributed by atoms with E-state index in [1.807, 2.05) is 12.1 Å². The van der Waals surface area contributed by atoms with Crippen molar-refractivity contribution in [3.63, 3.8) is 0 Å². The fraction of sp³-hybridized carbons (Fsp3) is 0.412. The average Bonchev–Trinajstić information content (AvgIpc) is 3.12. The Morgan fingerprint density at radius 1 is 1.33 bits per heavy atom. The summed E-state index contributed by atoms with van der Waals surface area (Å²) in [5.74, 6) is 1.89. The number of methoxy groups -OCH3 is 1. The molecule has 24 heavy (non-hydrogen) atoms. The van der Waals surface area contributed by atoms with Crippen LogP contribution in [-0.2, 0) is 6.54 Å². The van der Waals surface area contributed by atoms with Gasteiger partial charge in [-0.1, -0.05) is 13.0 Å². The van der Waals surface area contributed by atoms with Gasteiger partial charge in [-0.15, -0.1) is 24.0 Å². The molecule has 0 aromatic carbocycles. The number of rotatable bonds is 7. The molecule has 0 amide bonds. The Balaban J connectivity index is 0.00000288. The van der Waals surface area contributed by atoms with Gasteiger partial charge in [0.2, 0.25) is 5.88 Å². The van der Waals surface area contributed by atoms with Crippen LogP contribution in [0.25, 0.3) is 0 Å². The van der Waals surface area contributed by atoms with Crippen molar-refractivity contribution in [3.8, 4) is 5.88 Å². The summed E-state index contributed by atoms with van der Waals surface area (Å²) in [6.45, 7) is 6.54. The Hall–Kier alpha value is -1.35. The Bertz CT molecular complexity index is 602. The highest BCUT2D eigenvalue weighted by Gasteiger charge is 2.07. The maximum atomic E-state index is 5.06. The number of nitrogens with one attached hydrogen (secondary N) is 2. The molecule has 0 aliphatic carbocycles. The second-order valence-corrected chi connectivity index (χ2v) is 6.02. The van der Waals surface area contributed by atoms with Crippen molar-refractivity contribution in [2.75, 3.05) is 20.2 Å². The highest BCUT2D eigenvalue weighted by atomic mass is 127. The molecule has 0 saturated heterocycles. The van der Waals surface area contributed by atoms with Crippen molar-refractivity contribution in [1.29, 1.82) is 0 Å². The fourth-order valence-corrected chi connectivity index (χ4v) is 2.84. The minimum atomic E-state index is 0. The zero-order valence-electron chi connectivity index (χ0n) is 14.3. The number of guanidine groups is 1. The molecular weight excluding hydrogens is 435 g/mol. The van der Waals surface area contributed by atoms with E-state index in [4.69, 9.17) is 4.74 Å². The lowest BCUT2D eigenvalue weighted by Gasteiger charge is -2.15. The van der Waals surface area contributed by atoms with E-state index in [0.29, 0.717) is 18.3 Å². The van der Waals surface area contributed by atoms with Crippen LogP contribution in [-0.4, -0.2) is 31.1 Å². The fourth-order valence-electron chi connectivity index (χ4n) is 2.06. The Morgan fingerprint density at radius 3 is 2.75 bits per heavy atom. The van der Waals surface area contributed by atoms with Crippen LogP contribution in [0.2, 0.25) is 0 Å². The van der Waals surface area contributed by atoms with Gasteiger partial charge in [-0.05, 0) is 40.8 Å². The van der Waals surface area contributed by atoms with E-state index in [-0.39, 0.29) is 24.0 Å². The lowest BCUT2D eigenvalue weighted by atomic mass is 10.1. The molecule has 0 aliphatic rings. The molecule has 0 fully saturated rings. The molecule has 2 N–H and O–H groups in total. The van der Waals surface area contributed by atoms with E-state index >= 15 is 0 Å². The number of halogens is 1. The van der Waals surface area contributed by atoms with E-state index in [1.165, 1.54) is 5.56 Å². The van der Waals surface area contributed by atoms with Crippen LogP contribution in [0.15, 0.2) is 40.1 Å². The lowest BCUT2D eigenvalue weighted by molar-refractivity contribution is 0.397. The second-order valence-electron chi connectivity index (χ2n) is 5.24. The average molecular weight is 460 g/mol. The SMILES string of the molecule is CCNC(=NCc1ccc(OC)nc1)NCC(C)c1ccsc1.I. The molecule has 1 atom stereocenters. The van der Waals surface area contributed by atoms with Gasteiger partial charge in [-0.2, -0.15) is 11.3 Å². The zero-order valence-corrected chi connectivity index (χ0v) is 17.4. The molecule has 0 spiro atoms. The Kier molecular flexibility index (Phi) is 9.70. The molecule has 7 heteroatoms. The van der Waals surface area contributed by atoms with Gasteiger partial charge in [0.15, 0.2) is 5.96 Å². The maximum Gasteiger partial charge on any atom is 0.212 e. The molecular formula is C17H25IN4OS. The highest BCUT2D eigenvalue weighted by Crippen LogP contribution is 2.17. The van der Waals surface area contributed by atoms with Crippen LogP contribution in [0.3, 0.4) is 0 Å². The number of pyridine rings is 1. The van der Waals surface area contributed by atoms with Crippen LogP contribution >= 0.6 is 35.3 Å². The van der Waals surface area contributed by atoms with Crippen LogP contribution in [0.5, 0.6) is 5.88 Å². The smallest absolute Gasteiger partial charge is 0.212 e. The first-order valence-corrected chi connectivity index (χ1v) is 8.70. The molecule has 0 bridgehead atoms. The van der Waals surface area contributed by atoms with Crippen LogP contribution < -0.4 is 15.4 Å².